The van der Waals surface area contributed by atoms with Crippen molar-refractivity contribution in [3.05, 3.63) is 369 Å². The first kappa shape index (κ1) is 55.0. The van der Waals surface area contributed by atoms with Gasteiger partial charge in [0.1, 0.15) is 0 Å². The fraction of sp³-hybridized carbons (Fsp3) is 0.0353. The van der Waals surface area contributed by atoms with Crippen LogP contribution in [0.2, 0.25) is 0 Å². The van der Waals surface area contributed by atoms with Crippen LogP contribution in [0.1, 0.15) is 40.2 Å². The van der Waals surface area contributed by atoms with Crippen LogP contribution >= 0.6 is 0 Å². The Bertz CT molecular complexity index is 4960. The van der Waals surface area contributed by atoms with Crippen LogP contribution < -0.4 is 14.7 Å². The van der Waals surface area contributed by atoms with Crippen molar-refractivity contribution in [2.24, 2.45) is 0 Å². The molecule has 0 aliphatic rings. The molecule has 0 bridgehead atoms. The quantitative estimate of drug-likeness (QED) is 0.0854. The Hall–Kier alpha value is -11.7. The molecule has 2 heterocycles. The Morgan fingerprint density at radius 2 is 0.611 bits per heavy atom. The van der Waals surface area contributed by atoms with Crippen LogP contribution in [0, 0.1) is 0 Å². The van der Waals surface area contributed by atoms with Gasteiger partial charge in [-0.25, -0.2) is 0 Å². The summed E-state index contributed by atoms with van der Waals surface area (Å²) in [6.07, 6.45) is 5.63. The lowest BCUT2D eigenvalue weighted by molar-refractivity contribution is 0.716. The normalized spacial score (nSPS) is 11.7. The third-order valence-corrected chi connectivity index (χ3v) is 17.7. The molecule has 0 amide bonds. The van der Waals surface area contributed by atoms with E-state index in [4.69, 9.17) is 0 Å². The second kappa shape index (κ2) is 24.2. The lowest BCUT2D eigenvalue weighted by atomic mass is 9.85. The molecule has 5 heteroatoms. The van der Waals surface area contributed by atoms with Crippen molar-refractivity contribution >= 4 is 107 Å². The zero-order valence-corrected chi connectivity index (χ0v) is 50.0. The molecule has 2 aromatic heterocycles. The van der Waals surface area contributed by atoms with Crippen molar-refractivity contribution in [1.82, 2.24) is 9.13 Å². The highest BCUT2D eigenvalue weighted by molar-refractivity contribution is 6.11. The molecular formula is C85H65N5. The number of hydrogen-bond donors (Lipinski definition) is 0. The number of fused-ring (bicyclic) bond motifs is 6. The number of hydrogen-bond acceptors (Lipinski definition) is 3. The summed E-state index contributed by atoms with van der Waals surface area (Å²) in [5.41, 5.74) is 22.7. The molecule has 0 fully saturated rings. The second-order valence-corrected chi connectivity index (χ2v) is 23.0. The topological polar surface area (TPSA) is 19.6 Å². The summed E-state index contributed by atoms with van der Waals surface area (Å²) in [4.78, 5) is 7.06. The Balaban J connectivity index is 0.784. The summed E-state index contributed by atoms with van der Waals surface area (Å²) in [7, 11) is 0. The summed E-state index contributed by atoms with van der Waals surface area (Å²) >= 11 is 0. The van der Waals surface area contributed by atoms with Gasteiger partial charge in [0.05, 0.1) is 22.1 Å². The fourth-order valence-electron chi connectivity index (χ4n) is 13.3. The Labute approximate surface area is 526 Å². The molecule has 1 atom stereocenters. The van der Waals surface area contributed by atoms with E-state index in [2.05, 4.69) is 365 Å². The monoisotopic (exact) mass is 1160 g/mol. The third kappa shape index (κ3) is 10.5. The summed E-state index contributed by atoms with van der Waals surface area (Å²) in [5.74, 6) is 0.183. The van der Waals surface area contributed by atoms with Crippen molar-refractivity contribution in [2.75, 3.05) is 14.7 Å². The van der Waals surface area contributed by atoms with Gasteiger partial charge in [-0.1, -0.05) is 189 Å². The molecule has 15 aromatic rings. The first-order chi connectivity index (χ1) is 44.5. The van der Waals surface area contributed by atoms with Crippen molar-refractivity contribution in [2.45, 2.75) is 18.8 Å². The lowest BCUT2D eigenvalue weighted by Crippen LogP contribution is -2.13. The van der Waals surface area contributed by atoms with E-state index in [0.29, 0.717) is 0 Å². The number of nitrogens with zero attached hydrogens (tertiary/aromatic N) is 5. The van der Waals surface area contributed by atoms with Crippen molar-refractivity contribution in [3.63, 3.8) is 0 Å². The molecule has 5 nitrogen and oxygen atoms in total. The Kier molecular flexibility index (Phi) is 14.8. The fourth-order valence-corrected chi connectivity index (χ4v) is 13.3. The summed E-state index contributed by atoms with van der Waals surface area (Å²) in [6, 6.07) is 119. The highest BCUT2D eigenvalue weighted by Crippen LogP contribution is 2.44. The summed E-state index contributed by atoms with van der Waals surface area (Å²) in [6.45, 7) is 7.99. The number of para-hydroxylation sites is 5. The molecule has 0 aliphatic heterocycles. The van der Waals surface area contributed by atoms with E-state index in [1.165, 1.54) is 49.3 Å². The predicted molar refractivity (Wildman–Crippen MR) is 382 cm³/mol. The van der Waals surface area contributed by atoms with E-state index in [-0.39, 0.29) is 5.92 Å². The number of anilines is 9. The van der Waals surface area contributed by atoms with Gasteiger partial charge in [-0.05, 0) is 204 Å². The molecule has 0 spiro atoms. The van der Waals surface area contributed by atoms with Crippen LogP contribution in [0.15, 0.2) is 341 Å². The third-order valence-electron chi connectivity index (χ3n) is 17.7. The molecular weight excluding hydrogens is 1090 g/mol. The van der Waals surface area contributed by atoms with Crippen molar-refractivity contribution in [1.29, 1.82) is 0 Å². The number of benzene rings is 13. The summed E-state index contributed by atoms with van der Waals surface area (Å²) < 4.78 is 4.76. The average Bonchev–Trinajstić information content (AvgIpc) is 1.77. The zero-order valence-electron chi connectivity index (χ0n) is 50.0. The molecule has 0 aliphatic carbocycles. The lowest BCUT2D eigenvalue weighted by Gasteiger charge is -2.29. The number of rotatable bonds is 18. The molecule has 1 unspecified atom stereocenters. The summed E-state index contributed by atoms with van der Waals surface area (Å²) in [5, 5.41) is 4.90. The van der Waals surface area contributed by atoms with Crippen LogP contribution in [-0.2, 0) is 6.42 Å². The second-order valence-electron chi connectivity index (χ2n) is 23.0. The van der Waals surface area contributed by atoms with E-state index in [1.807, 2.05) is 12.2 Å². The van der Waals surface area contributed by atoms with Crippen molar-refractivity contribution in [3.8, 4) is 11.4 Å². The van der Waals surface area contributed by atoms with E-state index in [1.54, 1.807) is 0 Å². The Morgan fingerprint density at radius 1 is 0.278 bits per heavy atom. The van der Waals surface area contributed by atoms with Gasteiger partial charge in [-0.2, -0.15) is 0 Å². The molecule has 13 aromatic carbocycles. The van der Waals surface area contributed by atoms with Gasteiger partial charge < -0.3 is 23.8 Å². The number of aromatic nitrogens is 2. The molecule has 430 valence electrons. The maximum absolute atomic E-state index is 4.00. The first-order valence-corrected chi connectivity index (χ1v) is 31.0. The highest BCUT2D eigenvalue weighted by atomic mass is 15.2. The first-order valence-electron chi connectivity index (χ1n) is 31.0. The SMILES string of the molecule is C=Cc1ccc(-n2c3ccccc3c3cc(C(CCc4ccc(N(c5ccc(N(c6ccccc6)c6ccccc6)cc5)c5ccc(N(c6ccccc6)c6ccc7c(c6)c6ccccc6n7-c6ccc(C=C)cc6)cc5)cc4)c4ccccc4)ccc32)cc1. The maximum atomic E-state index is 4.00. The minimum absolute atomic E-state index is 0.183. The van der Waals surface area contributed by atoms with Gasteiger partial charge in [-0.15, -0.1) is 0 Å². The van der Waals surface area contributed by atoms with Crippen LogP contribution in [0.5, 0.6) is 0 Å². The predicted octanol–water partition coefficient (Wildman–Crippen LogP) is 23.3. The minimum atomic E-state index is 0.183. The van der Waals surface area contributed by atoms with Crippen LogP contribution in [0.3, 0.4) is 0 Å². The zero-order chi connectivity index (χ0) is 60.3. The van der Waals surface area contributed by atoms with E-state index in [9.17, 15) is 0 Å². The minimum Gasteiger partial charge on any atom is -0.311 e. The van der Waals surface area contributed by atoms with Gasteiger partial charge in [0, 0.05) is 90.0 Å². The molecule has 0 N–H and O–H groups in total. The van der Waals surface area contributed by atoms with E-state index in [0.717, 1.165) is 97.6 Å². The highest BCUT2D eigenvalue weighted by Gasteiger charge is 2.23. The van der Waals surface area contributed by atoms with Crippen LogP contribution in [0.4, 0.5) is 51.2 Å². The standard InChI is InChI=1S/C85H65N5/c1-3-61-33-41-74(42-34-61)89-82-31-19-17-29-78(82)80-59-65(40-57-84(80)89)77(64-21-9-5-10-22-64)56-39-63-37-45-69(46-38-63)87(71-49-47-70(48-50-71)86(66-23-11-6-12-24-66)67-25-13-7-14-26-67)72-51-53-73(54-52-72)88(68-27-15-8-16-28-68)76-55-58-85-81(60-76)79-30-18-20-32-83(79)90(85)75-43-35-62(4-2)36-44-75/h3-38,40-55,57-60,77H,1-2,39,56H2. The molecule has 90 heavy (non-hydrogen) atoms. The van der Waals surface area contributed by atoms with Gasteiger partial charge in [0.25, 0.3) is 0 Å². The van der Waals surface area contributed by atoms with Crippen LogP contribution in [0.25, 0.3) is 67.1 Å². The molecule has 0 saturated heterocycles. The average molecular weight is 1160 g/mol. The van der Waals surface area contributed by atoms with E-state index >= 15 is 0 Å². The smallest absolute Gasteiger partial charge is 0.0542 e. The molecule has 0 radical (unpaired) electrons. The molecule has 0 saturated carbocycles. The van der Waals surface area contributed by atoms with Gasteiger partial charge >= 0.3 is 0 Å². The number of aryl methyl sites for hydroxylation is 1. The maximum Gasteiger partial charge on any atom is 0.0542 e. The van der Waals surface area contributed by atoms with Gasteiger partial charge in [0.2, 0.25) is 0 Å². The largest absolute Gasteiger partial charge is 0.311 e. The van der Waals surface area contributed by atoms with Gasteiger partial charge in [-0.3, -0.25) is 0 Å². The van der Waals surface area contributed by atoms with Crippen molar-refractivity contribution < 1.29 is 0 Å². The van der Waals surface area contributed by atoms with Crippen LogP contribution in [-0.4, -0.2) is 9.13 Å². The molecule has 15 rings (SSSR count). The van der Waals surface area contributed by atoms with E-state index < -0.39 is 0 Å². The van der Waals surface area contributed by atoms with Gasteiger partial charge in [0.15, 0.2) is 0 Å². The Morgan fingerprint density at radius 3 is 1.04 bits per heavy atom.